The molecule has 0 saturated carbocycles. The van der Waals surface area contributed by atoms with Crippen molar-refractivity contribution in [1.82, 2.24) is 9.62 Å². The third-order valence-corrected chi connectivity index (χ3v) is 7.41. The quantitative estimate of drug-likeness (QED) is 0.747. The van der Waals surface area contributed by atoms with E-state index < -0.39 is 10.0 Å². The highest BCUT2D eigenvalue weighted by molar-refractivity contribution is 7.89. The SMILES string of the molecule is CC[C@H](NC(=O)c1ccc(C)c(S(=O)(=O)N2CCCC2)c1)c1ccc(OC)cc1. The highest BCUT2D eigenvalue weighted by Crippen LogP contribution is 2.25. The summed E-state index contributed by atoms with van der Waals surface area (Å²) in [6, 6.07) is 12.3. The van der Waals surface area contributed by atoms with Gasteiger partial charge in [-0.15, -0.1) is 0 Å². The fourth-order valence-corrected chi connectivity index (χ4v) is 5.35. The van der Waals surface area contributed by atoms with Gasteiger partial charge in [0, 0.05) is 18.7 Å². The van der Waals surface area contributed by atoms with Gasteiger partial charge in [-0.2, -0.15) is 4.31 Å². The summed E-state index contributed by atoms with van der Waals surface area (Å²) in [4.78, 5) is 13.1. The minimum atomic E-state index is -3.58. The molecule has 1 fully saturated rings. The third-order valence-electron chi connectivity index (χ3n) is 5.36. The smallest absolute Gasteiger partial charge is 0.251 e. The summed E-state index contributed by atoms with van der Waals surface area (Å²) in [5.41, 5.74) is 1.97. The van der Waals surface area contributed by atoms with Crippen LogP contribution >= 0.6 is 0 Å². The van der Waals surface area contributed by atoms with E-state index in [0.29, 0.717) is 30.6 Å². The molecule has 1 atom stereocenters. The first-order chi connectivity index (χ1) is 13.9. The van der Waals surface area contributed by atoms with Gasteiger partial charge in [0.1, 0.15) is 5.75 Å². The van der Waals surface area contributed by atoms with Gasteiger partial charge >= 0.3 is 0 Å². The molecule has 6 nitrogen and oxygen atoms in total. The second-order valence-electron chi connectivity index (χ2n) is 7.30. The first-order valence-corrected chi connectivity index (χ1v) is 11.4. The summed E-state index contributed by atoms with van der Waals surface area (Å²) in [5, 5.41) is 3.02. The molecule has 1 aliphatic rings. The van der Waals surface area contributed by atoms with Crippen LogP contribution in [0.4, 0.5) is 0 Å². The van der Waals surface area contributed by atoms with E-state index in [1.165, 1.54) is 10.4 Å². The number of ether oxygens (including phenoxy) is 1. The Bertz CT molecular complexity index is 965. The highest BCUT2D eigenvalue weighted by atomic mass is 32.2. The van der Waals surface area contributed by atoms with Crippen LogP contribution in [0.25, 0.3) is 0 Å². The Balaban J connectivity index is 1.83. The van der Waals surface area contributed by atoms with Crippen molar-refractivity contribution in [2.45, 2.75) is 44.0 Å². The van der Waals surface area contributed by atoms with Gasteiger partial charge in [0.15, 0.2) is 0 Å². The van der Waals surface area contributed by atoms with E-state index in [2.05, 4.69) is 5.32 Å². The predicted molar refractivity (Wildman–Crippen MR) is 113 cm³/mol. The third kappa shape index (κ3) is 4.62. The number of hydrogen-bond acceptors (Lipinski definition) is 4. The summed E-state index contributed by atoms with van der Waals surface area (Å²) < 4.78 is 32.6. The highest BCUT2D eigenvalue weighted by Gasteiger charge is 2.29. The zero-order valence-electron chi connectivity index (χ0n) is 17.1. The number of benzene rings is 2. The molecule has 156 valence electrons. The summed E-state index contributed by atoms with van der Waals surface area (Å²) in [6.07, 6.45) is 2.46. The van der Waals surface area contributed by atoms with Crippen molar-refractivity contribution >= 4 is 15.9 Å². The Kier molecular flexibility index (Phi) is 6.59. The molecule has 3 rings (SSSR count). The van der Waals surface area contributed by atoms with Crippen LogP contribution < -0.4 is 10.1 Å². The fourth-order valence-electron chi connectivity index (χ4n) is 3.59. The second kappa shape index (κ2) is 8.97. The van der Waals surface area contributed by atoms with E-state index in [-0.39, 0.29) is 16.8 Å². The van der Waals surface area contributed by atoms with Gasteiger partial charge in [-0.25, -0.2) is 8.42 Å². The minimum Gasteiger partial charge on any atom is -0.497 e. The van der Waals surface area contributed by atoms with Crippen molar-refractivity contribution < 1.29 is 17.9 Å². The van der Waals surface area contributed by atoms with Crippen LogP contribution in [0.15, 0.2) is 47.4 Å². The number of nitrogens with zero attached hydrogens (tertiary/aromatic N) is 1. The molecular formula is C22H28N2O4S. The van der Waals surface area contributed by atoms with E-state index in [4.69, 9.17) is 4.74 Å². The van der Waals surface area contributed by atoms with Gasteiger partial charge in [0.2, 0.25) is 10.0 Å². The van der Waals surface area contributed by atoms with Crippen LogP contribution in [0.2, 0.25) is 0 Å². The van der Waals surface area contributed by atoms with E-state index in [9.17, 15) is 13.2 Å². The molecule has 0 radical (unpaired) electrons. The van der Waals surface area contributed by atoms with Crippen LogP contribution in [0.3, 0.4) is 0 Å². The molecule has 2 aromatic rings. The largest absolute Gasteiger partial charge is 0.497 e. The summed E-state index contributed by atoms with van der Waals surface area (Å²) in [5.74, 6) is 0.468. The molecule has 1 saturated heterocycles. The molecule has 7 heteroatoms. The molecule has 1 N–H and O–H groups in total. The van der Waals surface area contributed by atoms with Gasteiger partial charge in [0.25, 0.3) is 5.91 Å². The molecule has 0 spiro atoms. The van der Waals surface area contributed by atoms with Crippen LogP contribution in [-0.2, 0) is 10.0 Å². The van der Waals surface area contributed by atoms with Gasteiger partial charge in [-0.1, -0.05) is 25.1 Å². The van der Waals surface area contributed by atoms with E-state index in [0.717, 1.165) is 24.2 Å². The molecule has 0 aromatic heterocycles. The number of carbonyl (C=O) groups is 1. The summed E-state index contributed by atoms with van der Waals surface area (Å²) in [7, 11) is -1.97. The van der Waals surface area contributed by atoms with Crippen LogP contribution in [0.1, 0.15) is 53.7 Å². The van der Waals surface area contributed by atoms with Gasteiger partial charge in [0.05, 0.1) is 18.0 Å². The van der Waals surface area contributed by atoms with Crippen molar-refractivity contribution in [3.05, 3.63) is 59.2 Å². The molecule has 0 bridgehead atoms. The number of carbonyl (C=O) groups excluding carboxylic acids is 1. The number of amides is 1. The van der Waals surface area contributed by atoms with Gasteiger partial charge in [-0.05, 0) is 61.6 Å². The maximum Gasteiger partial charge on any atom is 0.251 e. The molecule has 1 amide bonds. The number of hydrogen-bond donors (Lipinski definition) is 1. The van der Waals surface area contributed by atoms with Crippen molar-refractivity contribution in [2.75, 3.05) is 20.2 Å². The molecule has 1 aliphatic heterocycles. The Labute approximate surface area is 172 Å². The number of methoxy groups -OCH3 is 1. The number of nitrogens with one attached hydrogen (secondary N) is 1. The fraction of sp³-hybridized carbons (Fsp3) is 0.409. The van der Waals surface area contributed by atoms with Crippen LogP contribution in [0, 0.1) is 6.92 Å². The minimum absolute atomic E-state index is 0.173. The first-order valence-electron chi connectivity index (χ1n) is 9.92. The standard InChI is InChI=1S/C22H28N2O4S/c1-4-20(17-9-11-19(28-3)12-10-17)23-22(25)18-8-7-16(2)21(15-18)29(26,27)24-13-5-6-14-24/h7-12,15,20H,4-6,13-14H2,1-3H3,(H,23,25)/t20-/m0/s1. The zero-order valence-corrected chi connectivity index (χ0v) is 18.0. The lowest BCUT2D eigenvalue weighted by Gasteiger charge is -2.20. The van der Waals surface area contributed by atoms with Crippen molar-refractivity contribution in [3.63, 3.8) is 0 Å². The monoisotopic (exact) mass is 416 g/mol. The van der Waals surface area contributed by atoms with Crippen molar-refractivity contribution in [2.24, 2.45) is 0 Å². The molecule has 1 heterocycles. The number of aryl methyl sites for hydroxylation is 1. The number of rotatable bonds is 7. The Morgan fingerprint density at radius 2 is 1.79 bits per heavy atom. The average Bonchev–Trinajstić information content (AvgIpc) is 3.28. The number of sulfonamides is 1. The summed E-state index contributed by atoms with van der Waals surface area (Å²) in [6.45, 7) is 4.82. The van der Waals surface area contributed by atoms with Crippen molar-refractivity contribution in [3.8, 4) is 5.75 Å². The van der Waals surface area contributed by atoms with Crippen LogP contribution in [0.5, 0.6) is 5.75 Å². The topological polar surface area (TPSA) is 75.7 Å². The first kappa shape index (κ1) is 21.3. The second-order valence-corrected chi connectivity index (χ2v) is 9.21. The molecule has 29 heavy (non-hydrogen) atoms. The Hall–Kier alpha value is -2.38. The van der Waals surface area contributed by atoms with Crippen LogP contribution in [-0.4, -0.2) is 38.8 Å². The lowest BCUT2D eigenvalue weighted by atomic mass is 10.0. The maximum atomic E-state index is 13.0. The summed E-state index contributed by atoms with van der Waals surface area (Å²) >= 11 is 0. The lowest BCUT2D eigenvalue weighted by Crippen LogP contribution is -2.30. The Morgan fingerprint density at radius 3 is 2.38 bits per heavy atom. The molecule has 0 unspecified atom stereocenters. The normalized spacial score (nSPS) is 15.8. The Morgan fingerprint density at radius 1 is 1.14 bits per heavy atom. The van der Waals surface area contributed by atoms with E-state index in [1.807, 2.05) is 31.2 Å². The maximum absolute atomic E-state index is 13.0. The van der Waals surface area contributed by atoms with Gasteiger partial charge < -0.3 is 10.1 Å². The van der Waals surface area contributed by atoms with E-state index >= 15 is 0 Å². The van der Waals surface area contributed by atoms with Gasteiger partial charge in [-0.3, -0.25) is 4.79 Å². The molecular weight excluding hydrogens is 388 g/mol. The molecule has 0 aliphatic carbocycles. The van der Waals surface area contributed by atoms with E-state index in [1.54, 1.807) is 26.2 Å². The average molecular weight is 417 g/mol. The van der Waals surface area contributed by atoms with Crippen molar-refractivity contribution in [1.29, 1.82) is 0 Å². The molecule has 2 aromatic carbocycles. The lowest BCUT2D eigenvalue weighted by molar-refractivity contribution is 0.0935. The zero-order chi connectivity index (χ0) is 21.0. The predicted octanol–water partition coefficient (Wildman–Crippen LogP) is 3.67.